The van der Waals surface area contributed by atoms with Gasteiger partial charge in [-0.15, -0.1) is 24.0 Å². The number of nitrogens with zero attached hydrogens (tertiary/aromatic N) is 2. The number of morpholine rings is 1. The zero-order valence-corrected chi connectivity index (χ0v) is 20.0. The van der Waals surface area contributed by atoms with Crippen molar-refractivity contribution in [2.45, 2.75) is 57.9 Å². The van der Waals surface area contributed by atoms with Crippen molar-refractivity contribution in [3.8, 4) is 0 Å². The average Bonchev–Trinajstić information content (AvgIpc) is 3.24. The lowest BCUT2D eigenvalue weighted by atomic mass is 9.87. The second-order valence-corrected chi connectivity index (χ2v) is 8.28. The van der Waals surface area contributed by atoms with Crippen LogP contribution in [0.2, 0.25) is 0 Å². The predicted molar refractivity (Wildman–Crippen MR) is 126 cm³/mol. The second-order valence-electron chi connectivity index (χ2n) is 8.28. The SMILES string of the molecule is CCNC(=NCC(C1CCOC1)N1CCOCC1)NCCC1CCCCC1.I. The Bertz CT molecular complexity index is 434. The summed E-state index contributed by atoms with van der Waals surface area (Å²) >= 11 is 0. The maximum atomic E-state index is 5.68. The summed E-state index contributed by atoms with van der Waals surface area (Å²) in [5.41, 5.74) is 0. The van der Waals surface area contributed by atoms with Crippen LogP contribution in [0.15, 0.2) is 4.99 Å². The summed E-state index contributed by atoms with van der Waals surface area (Å²) < 4.78 is 11.2. The van der Waals surface area contributed by atoms with E-state index in [-0.39, 0.29) is 24.0 Å². The van der Waals surface area contributed by atoms with Crippen LogP contribution in [0.4, 0.5) is 0 Å². The van der Waals surface area contributed by atoms with Crippen molar-refractivity contribution in [2.24, 2.45) is 16.8 Å². The molecule has 3 aliphatic rings. The van der Waals surface area contributed by atoms with Crippen LogP contribution >= 0.6 is 24.0 Å². The van der Waals surface area contributed by atoms with E-state index in [9.17, 15) is 0 Å². The molecule has 2 unspecified atom stereocenters. The van der Waals surface area contributed by atoms with Crippen molar-refractivity contribution < 1.29 is 9.47 Å². The van der Waals surface area contributed by atoms with E-state index in [2.05, 4.69) is 22.5 Å². The van der Waals surface area contributed by atoms with Gasteiger partial charge in [0, 0.05) is 44.7 Å². The third-order valence-corrected chi connectivity index (χ3v) is 6.37. The third kappa shape index (κ3) is 7.95. The van der Waals surface area contributed by atoms with E-state index in [0.29, 0.717) is 12.0 Å². The van der Waals surface area contributed by atoms with Gasteiger partial charge >= 0.3 is 0 Å². The summed E-state index contributed by atoms with van der Waals surface area (Å²) in [5, 5.41) is 7.01. The van der Waals surface area contributed by atoms with Gasteiger partial charge in [0.1, 0.15) is 0 Å². The maximum absolute atomic E-state index is 5.68. The summed E-state index contributed by atoms with van der Waals surface area (Å²) in [6, 6.07) is 0.463. The van der Waals surface area contributed by atoms with Crippen LogP contribution in [0.5, 0.6) is 0 Å². The minimum absolute atomic E-state index is 0. The molecule has 3 rings (SSSR count). The van der Waals surface area contributed by atoms with Gasteiger partial charge in [0.2, 0.25) is 0 Å². The zero-order valence-electron chi connectivity index (χ0n) is 17.7. The molecule has 0 radical (unpaired) electrons. The molecule has 2 atom stereocenters. The minimum Gasteiger partial charge on any atom is -0.381 e. The lowest BCUT2D eigenvalue weighted by molar-refractivity contribution is 0.00368. The molecule has 1 saturated carbocycles. The van der Waals surface area contributed by atoms with E-state index < -0.39 is 0 Å². The minimum atomic E-state index is 0. The largest absolute Gasteiger partial charge is 0.381 e. The number of ether oxygens (including phenoxy) is 2. The molecule has 0 aromatic rings. The van der Waals surface area contributed by atoms with Gasteiger partial charge in [-0.05, 0) is 25.7 Å². The number of halogens is 1. The van der Waals surface area contributed by atoms with Crippen molar-refractivity contribution in [1.29, 1.82) is 0 Å². The molecule has 2 N–H and O–H groups in total. The number of aliphatic imine (C=N–C) groups is 1. The smallest absolute Gasteiger partial charge is 0.191 e. The molecular weight excluding hydrogens is 467 g/mol. The Labute approximate surface area is 188 Å². The van der Waals surface area contributed by atoms with Crippen LogP contribution in [-0.2, 0) is 9.47 Å². The standard InChI is InChI=1S/C21H40N4O2.HI/c1-2-22-21(23-10-8-18-6-4-3-5-7-18)24-16-20(19-9-13-27-17-19)25-11-14-26-15-12-25;/h18-20H,2-17H2,1H3,(H2,22,23,24);1H. The number of nitrogens with one attached hydrogen (secondary N) is 2. The molecule has 2 aliphatic heterocycles. The molecule has 0 aromatic heterocycles. The van der Waals surface area contributed by atoms with Gasteiger partial charge in [-0.3, -0.25) is 9.89 Å². The Morgan fingerprint density at radius 3 is 2.50 bits per heavy atom. The third-order valence-electron chi connectivity index (χ3n) is 6.37. The Morgan fingerprint density at radius 1 is 1.04 bits per heavy atom. The monoisotopic (exact) mass is 508 g/mol. The van der Waals surface area contributed by atoms with Crippen molar-refractivity contribution in [1.82, 2.24) is 15.5 Å². The van der Waals surface area contributed by atoms with Gasteiger partial charge in [-0.2, -0.15) is 0 Å². The molecule has 164 valence electrons. The highest BCUT2D eigenvalue weighted by Gasteiger charge is 2.31. The van der Waals surface area contributed by atoms with Crippen LogP contribution in [0.25, 0.3) is 0 Å². The Morgan fingerprint density at radius 2 is 1.82 bits per heavy atom. The number of hydrogen-bond acceptors (Lipinski definition) is 4. The summed E-state index contributed by atoms with van der Waals surface area (Å²) in [7, 11) is 0. The van der Waals surface area contributed by atoms with Crippen molar-refractivity contribution in [3.63, 3.8) is 0 Å². The molecule has 6 nitrogen and oxygen atoms in total. The first-order chi connectivity index (χ1) is 13.4. The van der Waals surface area contributed by atoms with Crippen molar-refractivity contribution in [2.75, 3.05) is 59.2 Å². The molecule has 7 heteroatoms. The molecule has 0 spiro atoms. The number of guanidine groups is 1. The molecule has 0 bridgehead atoms. The van der Waals surface area contributed by atoms with Gasteiger partial charge in [0.05, 0.1) is 26.4 Å². The number of rotatable bonds is 8. The molecule has 0 aromatic carbocycles. The van der Waals surface area contributed by atoms with E-state index in [4.69, 9.17) is 14.5 Å². The highest BCUT2D eigenvalue weighted by molar-refractivity contribution is 14.0. The molecule has 0 amide bonds. The molecule has 2 saturated heterocycles. The first-order valence-electron chi connectivity index (χ1n) is 11.3. The highest BCUT2D eigenvalue weighted by Crippen LogP contribution is 2.26. The number of hydrogen-bond donors (Lipinski definition) is 2. The Kier molecular flexibility index (Phi) is 12.1. The van der Waals surface area contributed by atoms with Crippen LogP contribution in [0, 0.1) is 11.8 Å². The highest BCUT2D eigenvalue weighted by atomic mass is 127. The first-order valence-corrected chi connectivity index (χ1v) is 11.3. The average molecular weight is 508 g/mol. The zero-order chi connectivity index (χ0) is 18.7. The normalized spacial score (nSPS) is 25.9. The molecule has 1 aliphatic carbocycles. The van der Waals surface area contributed by atoms with Crippen LogP contribution in [0.1, 0.15) is 51.9 Å². The van der Waals surface area contributed by atoms with E-state index in [0.717, 1.165) is 77.4 Å². The van der Waals surface area contributed by atoms with Crippen molar-refractivity contribution >= 4 is 29.9 Å². The van der Waals surface area contributed by atoms with Gasteiger partial charge in [-0.25, -0.2) is 0 Å². The fraction of sp³-hybridized carbons (Fsp3) is 0.952. The van der Waals surface area contributed by atoms with Gasteiger partial charge in [-0.1, -0.05) is 32.1 Å². The lowest BCUT2D eigenvalue weighted by Gasteiger charge is -2.36. The Hall–Kier alpha value is -0.120. The maximum Gasteiger partial charge on any atom is 0.191 e. The topological polar surface area (TPSA) is 58.1 Å². The lowest BCUT2D eigenvalue weighted by Crippen LogP contribution is -2.49. The van der Waals surface area contributed by atoms with E-state index in [1.165, 1.54) is 38.5 Å². The van der Waals surface area contributed by atoms with Crippen LogP contribution in [-0.4, -0.2) is 76.1 Å². The molecule has 3 fully saturated rings. The first kappa shape index (κ1) is 24.2. The summed E-state index contributed by atoms with van der Waals surface area (Å²) in [6.07, 6.45) is 9.53. The summed E-state index contributed by atoms with van der Waals surface area (Å²) in [4.78, 5) is 7.54. The summed E-state index contributed by atoms with van der Waals surface area (Å²) in [6.45, 7) is 10.4. The van der Waals surface area contributed by atoms with E-state index in [1.807, 2.05) is 0 Å². The molecule has 2 heterocycles. The molecule has 28 heavy (non-hydrogen) atoms. The van der Waals surface area contributed by atoms with Crippen LogP contribution in [0.3, 0.4) is 0 Å². The predicted octanol–water partition coefficient (Wildman–Crippen LogP) is 2.87. The van der Waals surface area contributed by atoms with E-state index >= 15 is 0 Å². The quantitative estimate of drug-likeness (QED) is 0.300. The Balaban J connectivity index is 0.00000280. The van der Waals surface area contributed by atoms with Gasteiger partial charge in [0.25, 0.3) is 0 Å². The summed E-state index contributed by atoms with van der Waals surface area (Å²) in [5.74, 6) is 2.48. The molecular formula is C21H41IN4O2. The fourth-order valence-electron chi connectivity index (χ4n) is 4.73. The second kappa shape index (κ2) is 14.0. The van der Waals surface area contributed by atoms with Gasteiger partial charge < -0.3 is 20.1 Å². The van der Waals surface area contributed by atoms with E-state index in [1.54, 1.807) is 0 Å². The van der Waals surface area contributed by atoms with Crippen molar-refractivity contribution in [3.05, 3.63) is 0 Å². The van der Waals surface area contributed by atoms with Gasteiger partial charge in [0.15, 0.2) is 5.96 Å². The fourth-order valence-corrected chi connectivity index (χ4v) is 4.73. The van der Waals surface area contributed by atoms with Crippen LogP contribution < -0.4 is 10.6 Å².